The highest BCUT2D eigenvalue weighted by atomic mass is 16.5. The minimum Gasteiger partial charge on any atom is -0.758 e. The highest BCUT2D eigenvalue weighted by molar-refractivity contribution is 5.72. The number of esters is 1. The number of nitrogens with zero attached hydrogens (tertiary/aromatic N) is 1. The molecule has 0 spiro atoms. The van der Waals surface area contributed by atoms with Gasteiger partial charge in [-0.15, -0.1) is 0 Å². The molecule has 4 nitrogen and oxygen atoms in total. The lowest BCUT2D eigenvalue weighted by Gasteiger charge is -2.33. The fourth-order valence-corrected chi connectivity index (χ4v) is 2.57. The Balaban J connectivity index is 1.78. The topological polar surface area (TPSA) is 52.6 Å². The Morgan fingerprint density at radius 2 is 1.95 bits per heavy atom. The first-order valence-electron chi connectivity index (χ1n) is 7.04. The van der Waals surface area contributed by atoms with Gasteiger partial charge in [0.15, 0.2) is 0 Å². The molecule has 1 atom stereocenters. The summed E-state index contributed by atoms with van der Waals surface area (Å²) >= 11 is 0. The summed E-state index contributed by atoms with van der Waals surface area (Å²) in [6, 6.07) is 14.6. The summed E-state index contributed by atoms with van der Waals surface area (Å²) in [4.78, 5) is 11.2. The van der Waals surface area contributed by atoms with Gasteiger partial charge in [0.25, 0.3) is 0 Å². The average molecular weight is 282 g/mol. The normalized spacial score (nSPS) is 16.7. The SMILES string of the molecule is CCC(=O)Oc1ccc(C2Cc3ccccc3N2[O-])cc1. The molecule has 0 fully saturated rings. The number of hydroxylamine groups is 1. The maximum Gasteiger partial charge on any atom is 0.310 e. The monoisotopic (exact) mass is 282 g/mol. The molecular formula is C17H16NO3-. The van der Waals surface area contributed by atoms with Gasteiger partial charge >= 0.3 is 5.97 Å². The second kappa shape index (κ2) is 5.58. The van der Waals surface area contributed by atoms with Crippen molar-refractivity contribution >= 4 is 11.7 Å². The van der Waals surface area contributed by atoms with Gasteiger partial charge in [0.1, 0.15) is 5.75 Å². The maximum absolute atomic E-state index is 12.3. The van der Waals surface area contributed by atoms with Crippen LogP contribution in [0.4, 0.5) is 5.69 Å². The van der Waals surface area contributed by atoms with Crippen LogP contribution in [0.3, 0.4) is 0 Å². The molecular weight excluding hydrogens is 266 g/mol. The fourth-order valence-electron chi connectivity index (χ4n) is 2.57. The van der Waals surface area contributed by atoms with Crippen LogP contribution >= 0.6 is 0 Å². The lowest BCUT2D eigenvalue weighted by atomic mass is 10.0. The Bertz CT molecular complexity index is 651. The van der Waals surface area contributed by atoms with E-state index >= 15 is 0 Å². The summed E-state index contributed by atoms with van der Waals surface area (Å²) in [5.41, 5.74) is 2.74. The number of para-hydroxylation sites is 1. The first kappa shape index (κ1) is 13.6. The van der Waals surface area contributed by atoms with Crippen molar-refractivity contribution in [3.8, 4) is 5.75 Å². The highest BCUT2D eigenvalue weighted by Crippen LogP contribution is 2.39. The van der Waals surface area contributed by atoms with E-state index in [4.69, 9.17) is 4.74 Å². The summed E-state index contributed by atoms with van der Waals surface area (Å²) in [6.45, 7) is 1.75. The third-order valence-electron chi connectivity index (χ3n) is 3.71. The van der Waals surface area contributed by atoms with E-state index in [9.17, 15) is 10.0 Å². The second-order valence-electron chi connectivity index (χ2n) is 5.07. The molecule has 0 saturated heterocycles. The van der Waals surface area contributed by atoms with Gasteiger partial charge in [-0.1, -0.05) is 37.3 Å². The number of anilines is 1. The van der Waals surface area contributed by atoms with E-state index < -0.39 is 0 Å². The van der Waals surface area contributed by atoms with Crippen LogP contribution in [-0.4, -0.2) is 5.97 Å². The summed E-state index contributed by atoms with van der Waals surface area (Å²) < 4.78 is 5.14. The zero-order chi connectivity index (χ0) is 14.8. The smallest absolute Gasteiger partial charge is 0.310 e. The van der Waals surface area contributed by atoms with E-state index in [1.807, 2.05) is 36.4 Å². The molecule has 2 aromatic rings. The standard InChI is InChI=1S/C17H16NO3/c1-2-17(19)21-14-9-7-12(8-10-14)16-11-13-5-3-4-6-15(13)18(16)20/h3-10,16H,2,11H2,1H3/q-1. The Kier molecular flexibility index (Phi) is 3.62. The molecule has 4 heteroatoms. The van der Waals surface area contributed by atoms with Crippen molar-refractivity contribution in [1.29, 1.82) is 0 Å². The van der Waals surface area contributed by atoms with Crippen molar-refractivity contribution in [2.45, 2.75) is 25.8 Å². The van der Waals surface area contributed by atoms with Crippen LogP contribution in [0, 0.1) is 5.21 Å². The first-order chi connectivity index (χ1) is 10.2. The van der Waals surface area contributed by atoms with Gasteiger partial charge in [-0.05, 0) is 35.7 Å². The Morgan fingerprint density at radius 1 is 1.24 bits per heavy atom. The van der Waals surface area contributed by atoms with Crippen molar-refractivity contribution in [1.82, 2.24) is 0 Å². The number of rotatable bonds is 3. The molecule has 0 N–H and O–H groups in total. The van der Waals surface area contributed by atoms with Crippen LogP contribution in [-0.2, 0) is 11.2 Å². The molecule has 0 bridgehead atoms. The van der Waals surface area contributed by atoms with Gasteiger partial charge in [-0.2, -0.15) is 0 Å². The number of ether oxygens (including phenoxy) is 1. The number of benzene rings is 2. The van der Waals surface area contributed by atoms with Crippen LogP contribution in [0.5, 0.6) is 5.75 Å². The third-order valence-corrected chi connectivity index (χ3v) is 3.71. The van der Waals surface area contributed by atoms with Gasteiger partial charge < -0.3 is 15.0 Å². The quantitative estimate of drug-likeness (QED) is 0.637. The Hall–Kier alpha value is -2.33. The van der Waals surface area contributed by atoms with E-state index in [-0.39, 0.29) is 12.0 Å². The molecule has 0 radical (unpaired) electrons. The minimum absolute atomic E-state index is 0.210. The second-order valence-corrected chi connectivity index (χ2v) is 5.07. The molecule has 0 aliphatic carbocycles. The van der Waals surface area contributed by atoms with Crippen LogP contribution in [0.1, 0.15) is 30.5 Å². The van der Waals surface area contributed by atoms with Crippen molar-refractivity contribution in [2.24, 2.45) is 0 Å². The van der Waals surface area contributed by atoms with Crippen LogP contribution in [0.15, 0.2) is 48.5 Å². The molecule has 0 saturated carbocycles. The molecule has 0 amide bonds. The van der Waals surface area contributed by atoms with E-state index in [0.717, 1.165) is 21.9 Å². The Morgan fingerprint density at radius 3 is 2.62 bits per heavy atom. The molecule has 3 rings (SSSR count). The van der Waals surface area contributed by atoms with Crippen molar-refractivity contribution < 1.29 is 9.53 Å². The van der Waals surface area contributed by atoms with Crippen molar-refractivity contribution in [3.63, 3.8) is 0 Å². The first-order valence-corrected chi connectivity index (χ1v) is 7.04. The number of carbonyl (C=O) groups excluding carboxylic acids is 1. The van der Waals surface area contributed by atoms with Gasteiger partial charge in [0, 0.05) is 18.2 Å². The van der Waals surface area contributed by atoms with E-state index in [1.54, 1.807) is 19.1 Å². The van der Waals surface area contributed by atoms with Crippen LogP contribution < -0.4 is 9.80 Å². The summed E-state index contributed by atoms with van der Waals surface area (Å²) in [6.07, 6.45) is 1.04. The fraction of sp³-hybridized carbons (Fsp3) is 0.235. The molecule has 21 heavy (non-hydrogen) atoms. The maximum atomic E-state index is 12.3. The number of fused-ring (bicyclic) bond motifs is 1. The summed E-state index contributed by atoms with van der Waals surface area (Å²) in [5, 5.41) is 13.4. The molecule has 1 unspecified atom stereocenters. The largest absolute Gasteiger partial charge is 0.758 e. The number of carbonyl (C=O) groups is 1. The highest BCUT2D eigenvalue weighted by Gasteiger charge is 2.24. The van der Waals surface area contributed by atoms with Crippen molar-refractivity contribution in [2.75, 3.05) is 5.06 Å². The number of hydrogen-bond acceptors (Lipinski definition) is 4. The van der Waals surface area contributed by atoms with Gasteiger partial charge in [-0.25, -0.2) is 0 Å². The van der Waals surface area contributed by atoms with E-state index in [2.05, 4.69) is 0 Å². The van der Waals surface area contributed by atoms with E-state index in [1.165, 1.54) is 0 Å². The zero-order valence-electron chi connectivity index (χ0n) is 11.8. The van der Waals surface area contributed by atoms with Crippen LogP contribution in [0.2, 0.25) is 0 Å². The van der Waals surface area contributed by atoms with Gasteiger partial charge in [0.2, 0.25) is 0 Å². The summed E-state index contributed by atoms with van der Waals surface area (Å²) in [5.74, 6) is 0.250. The van der Waals surface area contributed by atoms with Crippen LogP contribution in [0.25, 0.3) is 0 Å². The lowest BCUT2D eigenvalue weighted by molar-refractivity contribution is -0.134. The minimum atomic E-state index is -0.263. The lowest BCUT2D eigenvalue weighted by Crippen LogP contribution is -2.17. The molecule has 2 aromatic carbocycles. The van der Waals surface area contributed by atoms with E-state index in [0.29, 0.717) is 18.6 Å². The van der Waals surface area contributed by atoms with Gasteiger partial charge in [-0.3, -0.25) is 4.79 Å². The molecule has 108 valence electrons. The Labute approximate surface area is 123 Å². The average Bonchev–Trinajstić information content (AvgIpc) is 2.85. The third kappa shape index (κ3) is 2.62. The predicted octanol–water partition coefficient (Wildman–Crippen LogP) is 3.60. The van der Waals surface area contributed by atoms with Crippen molar-refractivity contribution in [3.05, 3.63) is 64.9 Å². The number of hydrogen-bond donors (Lipinski definition) is 0. The predicted molar refractivity (Wildman–Crippen MR) is 81.1 cm³/mol. The molecule has 1 aliphatic rings. The van der Waals surface area contributed by atoms with Gasteiger partial charge in [0.05, 0.1) is 0 Å². The molecule has 1 heterocycles. The molecule has 1 aliphatic heterocycles. The molecule has 0 aromatic heterocycles. The summed E-state index contributed by atoms with van der Waals surface area (Å²) in [7, 11) is 0. The zero-order valence-corrected chi connectivity index (χ0v) is 11.8.